The molecular weight excluding hydrogens is 258 g/mol. The molecule has 0 spiro atoms. The summed E-state index contributed by atoms with van der Waals surface area (Å²) < 4.78 is 0. The molecule has 0 aliphatic heterocycles. The zero-order valence-corrected chi connectivity index (χ0v) is 11.8. The summed E-state index contributed by atoms with van der Waals surface area (Å²) in [6.45, 7) is 4.16. The van der Waals surface area contributed by atoms with Crippen LogP contribution < -0.4 is 10.6 Å². The van der Waals surface area contributed by atoms with Crippen LogP contribution in [0.5, 0.6) is 0 Å². The van der Waals surface area contributed by atoms with Crippen molar-refractivity contribution in [2.45, 2.75) is 19.9 Å². The molecule has 100 valence electrons. The third-order valence-corrected chi connectivity index (χ3v) is 3.76. The Balaban J connectivity index is 1.81. The predicted molar refractivity (Wildman–Crippen MR) is 78.3 cm³/mol. The number of aromatic nitrogens is 1. The Morgan fingerprint density at radius 2 is 2.11 bits per heavy atom. The Labute approximate surface area is 116 Å². The van der Waals surface area contributed by atoms with Gasteiger partial charge >= 0.3 is 0 Å². The van der Waals surface area contributed by atoms with E-state index in [2.05, 4.69) is 15.6 Å². The molecule has 1 aromatic heterocycles. The molecule has 0 bridgehead atoms. The van der Waals surface area contributed by atoms with Gasteiger partial charge in [-0.15, -0.1) is 11.3 Å². The summed E-state index contributed by atoms with van der Waals surface area (Å²) in [5, 5.41) is 8.93. The zero-order chi connectivity index (χ0) is 13.7. The monoisotopic (exact) mass is 275 g/mol. The highest BCUT2D eigenvalue weighted by Gasteiger charge is 2.12. The number of carbonyl (C=O) groups is 1. The number of rotatable bonds is 5. The van der Waals surface area contributed by atoms with Gasteiger partial charge in [-0.25, -0.2) is 4.98 Å². The van der Waals surface area contributed by atoms with E-state index in [0.29, 0.717) is 0 Å². The SMILES string of the molecule is Cc1csc(C(C)NC(=O)CNc2ccccc2)n1. The molecule has 4 nitrogen and oxygen atoms in total. The van der Waals surface area contributed by atoms with Gasteiger partial charge in [0.25, 0.3) is 0 Å². The lowest BCUT2D eigenvalue weighted by atomic mass is 10.3. The summed E-state index contributed by atoms with van der Waals surface area (Å²) >= 11 is 1.57. The first-order valence-corrected chi connectivity index (χ1v) is 7.03. The van der Waals surface area contributed by atoms with Gasteiger partial charge in [-0.05, 0) is 26.0 Å². The van der Waals surface area contributed by atoms with E-state index in [-0.39, 0.29) is 18.5 Å². The van der Waals surface area contributed by atoms with Gasteiger partial charge in [0.15, 0.2) is 0 Å². The summed E-state index contributed by atoms with van der Waals surface area (Å²) in [7, 11) is 0. The van der Waals surface area contributed by atoms with Gasteiger partial charge in [0, 0.05) is 16.8 Å². The Bertz CT molecular complexity index is 539. The van der Waals surface area contributed by atoms with E-state index in [1.165, 1.54) is 0 Å². The minimum absolute atomic E-state index is 0.0378. The Kier molecular flexibility index (Phi) is 4.52. The van der Waals surface area contributed by atoms with E-state index >= 15 is 0 Å². The minimum atomic E-state index is -0.0521. The van der Waals surface area contributed by atoms with E-state index in [0.717, 1.165) is 16.4 Å². The average Bonchev–Trinajstić information content (AvgIpc) is 2.84. The Hall–Kier alpha value is -1.88. The average molecular weight is 275 g/mol. The molecule has 2 rings (SSSR count). The van der Waals surface area contributed by atoms with Crippen molar-refractivity contribution in [2.75, 3.05) is 11.9 Å². The Morgan fingerprint density at radius 3 is 2.74 bits per heavy atom. The van der Waals surface area contributed by atoms with Crippen LogP contribution in [0.4, 0.5) is 5.69 Å². The number of carbonyl (C=O) groups excluding carboxylic acids is 1. The number of benzene rings is 1. The third-order valence-electron chi connectivity index (χ3n) is 2.61. The zero-order valence-electron chi connectivity index (χ0n) is 11.0. The fourth-order valence-corrected chi connectivity index (χ4v) is 2.47. The Morgan fingerprint density at radius 1 is 1.37 bits per heavy atom. The van der Waals surface area contributed by atoms with E-state index < -0.39 is 0 Å². The third kappa shape index (κ3) is 4.06. The molecule has 1 amide bonds. The smallest absolute Gasteiger partial charge is 0.239 e. The molecule has 1 heterocycles. The standard InChI is InChI=1S/C14H17N3OS/c1-10-9-19-14(16-10)11(2)17-13(18)8-15-12-6-4-3-5-7-12/h3-7,9,11,15H,8H2,1-2H3,(H,17,18). The maximum absolute atomic E-state index is 11.8. The summed E-state index contributed by atoms with van der Waals surface area (Å²) in [5.41, 5.74) is 1.93. The van der Waals surface area contributed by atoms with Crippen LogP contribution in [-0.2, 0) is 4.79 Å². The molecule has 1 aromatic carbocycles. The number of aryl methyl sites for hydroxylation is 1. The lowest BCUT2D eigenvalue weighted by molar-refractivity contribution is -0.120. The molecule has 2 N–H and O–H groups in total. The molecule has 0 saturated carbocycles. The van der Waals surface area contributed by atoms with Crippen LogP contribution in [0.25, 0.3) is 0 Å². The molecular formula is C14H17N3OS. The summed E-state index contributed by atoms with van der Waals surface area (Å²) in [6.07, 6.45) is 0. The van der Waals surface area contributed by atoms with Gasteiger partial charge < -0.3 is 10.6 Å². The predicted octanol–water partition coefficient (Wildman–Crippen LogP) is 2.74. The van der Waals surface area contributed by atoms with Crippen molar-refractivity contribution in [3.05, 3.63) is 46.4 Å². The van der Waals surface area contributed by atoms with Crippen LogP contribution >= 0.6 is 11.3 Å². The van der Waals surface area contributed by atoms with Crippen LogP contribution in [0.1, 0.15) is 23.7 Å². The second kappa shape index (κ2) is 6.33. The van der Waals surface area contributed by atoms with Crippen LogP contribution in [-0.4, -0.2) is 17.4 Å². The van der Waals surface area contributed by atoms with Crippen LogP contribution in [0.2, 0.25) is 0 Å². The highest BCUT2D eigenvalue weighted by Crippen LogP contribution is 2.17. The number of hydrogen-bond acceptors (Lipinski definition) is 4. The van der Waals surface area contributed by atoms with Crippen LogP contribution in [0.15, 0.2) is 35.7 Å². The number of thiazole rings is 1. The molecule has 2 aromatic rings. The molecule has 1 unspecified atom stereocenters. The second-order valence-electron chi connectivity index (χ2n) is 4.34. The summed E-state index contributed by atoms with van der Waals surface area (Å²) in [6, 6.07) is 9.62. The minimum Gasteiger partial charge on any atom is -0.376 e. The molecule has 1 atom stereocenters. The highest BCUT2D eigenvalue weighted by atomic mass is 32.1. The molecule has 5 heteroatoms. The molecule has 0 aliphatic rings. The van der Waals surface area contributed by atoms with Crippen molar-refractivity contribution >= 4 is 22.9 Å². The lowest BCUT2D eigenvalue weighted by Crippen LogP contribution is -2.32. The summed E-state index contributed by atoms with van der Waals surface area (Å²) in [5.74, 6) is -0.0378. The maximum Gasteiger partial charge on any atom is 0.239 e. The highest BCUT2D eigenvalue weighted by molar-refractivity contribution is 7.09. The van der Waals surface area contributed by atoms with E-state index in [4.69, 9.17) is 0 Å². The van der Waals surface area contributed by atoms with Gasteiger partial charge in [-0.1, -0.05) is 18.2 Å². The summed E-state index contributed by atoms with van der Waals surface area (Å²) in [4.78, 5) is 16.2. The quantitative estimate of drug-likeness (QED) is 0.882. The maximum atomic E-state index is 11.8. The lowest BCUT2D eigenvalue weighted by Gasteiger charge is -2.12. The molecule has 19 heavy (non-hydrogen) atoms. The molecule has 0 radical (unpaired) electrons. The van der Waals surface area contributed by atoms with E-state index in [1.807, 2.05) is 49.6 Å². The number of nitrogens with one attached hydrogen (secondary N) is 2. The van der Waals surface area contributed by atoms with Crippen LogP contribution in [0.3, 0.4) is 0 Å². The number of para-hydroxylation sites is 1. The first-order valence-electron chi connectivity index (χ1n) is 6.15. The van der Waals surface area contributed by atoms with Crippen molar-refractivity contribution in [3.8, 4) is 0 Å². The second-order valence-corrected chi connectivity index (χ2v) is 5.23. The number of anilines is 1. The van der Waals surface area contributed by atoms with E-state index in [1.54, 1.807) is 11.3 Å². The number of nitrogens with zero attached hydrogens (tertiary/aromatic N) is 1. The van der Waals surface area contributed by atoms with Gasteiger partial charge in [-0.3, -0.25) is 4.79 Å². The molecule has 0 aliphatic carbocycles. The topological polar surface area (TPSA) is 54.0 Å². The first kappa shape index (κ1) is 13.5. The van der Waals surface area contributed by atoms with Crippen molar-refractivity contribution in [1.29, 1.82) is 0 Å². The molecule has 0 fully saturated rings. The van der Waals surface area contributed by atoms with Crippen molar-refractivity contribution in [2.24, 2.45) is 0 Å². The van der Waals surface area contributed by atoms with Gasteiger partial charge in [0.05, 0.1) is 12.6 Å². The van der Waals surface area contributed by atoms with E-state index in [9.17, 15) is 4.79 Å². The van der Waals surface area contributed by atoms with Crippen molar-refractivity contribution in [3.63, 3.8) is 0 Å². The van der Waals surface area contributed by atoms with Crippen molar-refractivity contribution < 1.29 is 4.79 Å². The number of amides is 1. The first-order chi connectivity index (χ1) is 9.15. The van der Waals surface area contributed by atoms with Gasteiger partial charge in [-0.2, -0.15) is 0 Å². The van der Waals surface area contributed by atoms with Gasteiger partial charge in [0.2, 0.25) is 5.91 Å². The van der Waals surface area contributed by atoms with Gasteiger partial charge in [0.1, 0.15) is 5.01 Å². The molecule has 0 saturated heterocycles. The number of hydrogen-bond donors (Lipinski definition) is 2. The van der Waals surface area contributed by atoms with Crippen LogP contribution in [0, 0.1) is 6.92 Å². The van der Waals surface area contributed by atoms with Crippen molar-refractivity contribution in [1.82, 2.24) is 10.3 Å². The largest absolute Gasteiger partial charge is 0.376 e. The fourth-order valence-electron chi connectivity index (χ4n) is 1.66. The normalized spacial score (nSPS) is 11.9. The fraction of sp³-hybridized carbons (Fsp3) is 0.286.